The molecule has 2 heterocycles. The third-order valence-electron chi connectivity index (χ3n) is 15.4. The fourth-order valence-electron chi connectivity index (χ4n) is 10.3. The summed E-state index contributed by atoms with van der Waals surface area (Å²) in [4.78, 5) is 144. The predicted molar refractivity (Wildman–Crippen MR) is 334 cm³/mol. The zero-order valence-corrected chi connectivity index (χ0v) is 51.9. The monoisotopic (exact) mass is 1260 g/mol. The average molecular weight is 1260 g/mol. The van der Waals surface area contributed by atoms with Crippen LogP contribution >= 0.6 is 0 Å². The molecule has 0 spiro atoms. The Labute approximate surface area is 523 Å². The molecule has 4 unspecified atom stereocenters. The first kappa shape index (κ1) is 72.6. The van der Waals surface area contributed by atoms with Crippen molar-refractivity contribution in [1.82, 2.24) is 34.6 Å². The first-order valence-electron chi connectivity index (χ1n) is 30.6. The topological polar surface area (TPSA) is 385 Å². The number of aromatic nitrogens is 3. The van der Waals surface area contributed by atoms with Crippen molar-refractivity contribution in [2.24, 2.45) is 0 Å². The van der Waals surface area contributed by atoms with Crippen molar-refractivity contribution >= 4 is 88.1 Å². The summed E-state index contributed by atoms with van der Waals surface area (Å²) >= 11 is 0. The second-order valence-electron chi connectivity index (χ2n) is 22.3. The van der Waals surface area contributed by atoms with Crippen molar-refractivity contribution in [3.8, 4) is 0 Å². The normalized spacial score (nSPS) is 15.3. The Morgan fingerprint density at radius 3 is 1.39 bits per heavy atom. The summed E-state index contributed by atoms with van der Waals surface area (Å²) in [5, 5.41) is 58.7. The van der Waals surface area contributed by atoms with E-state index in [1.807, 2.05) is 43.3 Å². The molecular weight excluding hydrogens is 1170 g/mol. The van der Waals surface area contributed by atoms with E-state index in [-0.39, 0.29) is 177 Å². The van der Waals surface area contributed by atoms with Gasteiger partial charge in [-0.3, -0.25) is 43.6 Å². The summed E-state index contributed by atoms with van der Waals surface area (Å²) in [5.74, 6) is -4.70. The van der Waals surface area contributed by atoms with Gasteiger partial charge in [-0.15, -0.1) is 0 Å². The first-order valence-corrected chi connectivity index (χ1v) is 30.6. The molecule has 0 radical (unpaired) electrons. The average Bonchev–Trinajstić information content (AvgIpc) is 0.841. The van der Waals surface area contributed by atoms with Crippen molar-refractivity contribution in [2.75, 3.05) is 125 Å². The molecule has 1 aliphatic heterocycles. The lowest BCUT2D eigenvalue weighted by Crippen LogP contribution is -2.57. The van der Waals surface area contributed by atoms with Gasteiger partial charge in [-0.1, -0.05) is 31.2 Å². The Balaban J connectivity index is 1.30. The van der Waals surface area contributed by atoms with Crippen LogP contribution in [0.1, 0.15) is 103 Å². The van der Waals surface area contributed by atoms with E-state index >= 15 is 0 Å². The third-order valence-corrected chi connectivity index (χ3v) is 15.4. The fourth-order valence-corrected chi connectivity index (χ4v) is 10.3. The Morgan fingerprint density at radius 2 is 0.944 bits per heavy atom. The molecule has 1 aliphatic rings. The Bertz CT molecular complexity index is 3050. The van der Waals surface area contributed by atoms with Gasteiger partial charge < -0.3 is 80.5 Å². The molecule has 4 atom stereocenters. The lowest BCUT2D eigenvalue weighted by Gasteiger charge is -2.40. The number of benzene rings is 2. The highest BCUT2D eigenvalue weighted by Gasteiger charge is 2.33. The van der Waals surface area contributed by atoms with Crippen molar-refractivity contribution < 1.29 is 68.3 Å². The standard InChI is InChI=1S/C62H88N12O16/c1-5-25-63-53-54(56(82)55(53)81)64-26-36-89-38-39-90-37-27-65-60-68-61(66-46-17-12-44(13-18-46)7-6-8-52(79)80)70-62(69-60)67-47-19-14-45(15-20-47)16-24-51(59(87)88)73-31-29-71(48(40-75)21-9-41(2)76)28-30-72(49(57(83)84)22-10-42(3)77)32-34-74(35-33-73)50(58(85)86)23-11-43(4)78/h12-15,17-20,40,48-51,63-64H,5-11,16,21-39H2,1-4H3,(H,79,80)(H,83,84)(H,85,86)(H,87,88)(H3,65,66,67,68,69,70)/p-1. The van der Waals surface area contributed by atoms with Crippen LogP contribution in [0.2, 0.25) is 0 Å². The summed E-state index contributed by atoms with van der Waals surface area (Å²) in [6.45, 7) is 8.66. The molecule has 28 nitrogen and oxygen atoms in total. The number of hydrogen-bond acceptors (Lipinski definition) is 25. The van der Waals surface area contributed by atoms with Crippen LogP contribution in [0.4, 0.5) is 40.6 Å². The summed E-state index contributed by atoms with van der Waals surface area (Å²) in [5.41, 5.74) is 2.46. The van der Waals surface area contributed by atoms with Crippen LogP contribution < -0.4 is 42.5 Å². The number of rotatable bonds is 42. The molecule has 1 aromatic heterocycles. The number of carboxylic acids is 4. The van der Waals surface area contributed by atoms with Gasteiger partial charge in [-0.2, -0.15) is 15.0 Å². The highest BCUT2D eigenvalue weighted by molar-refractivity contribution is 5.79. The summed E-state index contributed by atoms with van der Waals surface area (Å²) in [6, 6.07) is 10.3. The number of aryl methyl sites for hydroxylation is 2. The molecular formula is C62H87N12O16-. The van der Waals surface area contributed by atoms with E-state index in [0.717, 1.165) is 17.5 Å². The number of carbonyl (C=O) groups excluding carboxylic acids is 5. The van der Waals surface area contributed by atoms with Gasteiger partial charge in [0.25, 0.3) is 10.9 Å². The zero-order valence-electron chi connectivity index (χ0n) is 51.9. The second-order valence-corrected chi connectivity index (χ2v) is 22.3. The fraction of sp³-hybridized carbons (Fsp3) is 0.565. The number of nitrogens with zero attached hydrogens (tertiary/aromatic N) is 7. The summed E-state index contributed by atoms with van der Waals surface area (Å²) < 4.78 is 11.4. The molecule has 0 bridgehead atoms. The molecule has 8 N–H and O–H groups in total. The Morgan fingerprint density at radius 1 is 0.533 bits per heavy atom. The van der Waals surface area contributed by atoms with Crippen LogP contribution in [-0.4, -0.2) is 220 Å². The number of nitrogens with one attached hydrogen (secondary N) is 5. The molecule has 0 saturated carbocycles. The van der Waals surface area contributed by atoms with Gasteiger partial charge in [0, 0.05) is 115 Å². The van der Waals surface area contributed by atoms with Gasteiger partial charge in [-0.25, -0.2) is 0 Å². The van der Waals surface area contributed by atoms with Crippen molar-refractivity contribution in [3.63, 3.8) is 0 Å². The number of anilines is 7. The van der Waals surface area contributed by atoms with Crippen molar-refractivity contribution in [2.45, 2.75) is 129 Å². The largest absolute Gasteiger partial charge is 0.548 e. The van der Waals surface area contributed by atoms with Crippen LogP contribution in [-0.2, 0) is 60.7 Å². The van der Waals surface area contributed by atoms with E-state index in [4.69, 9.17) is 14.6 Å². The van der Waals surface area contributed by atoms with Gasteiger partial charge in [-0.05, 0) is 108 Å². The van der Waals surface area contributed by atoms with Gasteiger partial charge in [0.15, 0.2) is 0 Å². The van der Waals surface area contributed by atoms with Gasteiger partial charge in [0.05, 0.1) is 38.4 Å². The molecule has 492 valence electrons. The van der Waals surface area contributed by atoms with Crippen LogP contribution in [0.25, 0.3) is 0 Å². The zero-order chi connectivity index (χ0) is 65.5. The Kier molecular flexibility index (Phi) is 31.0. The SMILES string of the molecule is CCCNc1c(NCCOCCOCCNc2nc(Nc3ccc(CCCC(=O)O)cc3)nc(Nc3ccc(CCC(C(=O)O)N4CCN(C(C=O)CCC(C)=O)CCN(C(CCC(C)=O)C(=O)[O-])CCN(C(CCC(C)=O)C(=O)O)CC4)cc3)n2)c(=O)c1=O. The van der Waals surface area contributed by atoms with Crippen molar-refractivity contribution in [3.05, 3.63) is 80.1 Å². The van der Waals surface area contributed by atoms with E-state index in [2.05, 4.69) is 41.5 Å². The van der Waals surface area contributed by atoms with E-state index in [1.54, 1.807) is 31.7 Å². The van der Waals surface area contributed by atoms with Gasteiger partial charge in [0.2, 0.25) is 17.8 Å². The van der Waals surface area contributed by atoms with Gasteiger partial charge >= 0.3 is 17.9 Å². The number of carboxylic acid groups (broad SMARTS) is 4. The molecule has 90 heavy (non-hydrogen) atoms. The van der Waals surface area contributed by atoms with E-state index < -0.39 is 58.9 Å². The highest BCUT2D eigenvalue weighted by Crippen LogP contribution is 2.23. The minimum Gasteiger partial charge on any atom is -0.548 e. The lowest BCUT2D eigenvalue weighted by molar-refractivity contribution is -0.312. The van der Waals surface area contributed by atoms with E-state index in [1.165, 1.54) is 20.8 Å². The maximum Gasteiger partial charge on any atom is 0.320 e. The smallest absolute Gasteiger partial charge is 0.320 e. The number of ether oxygens (including phenoxy) is 2. The maximum atomic E-state index is 13.4. The summed E-state index contributed by atoms with van der Waals surface area (Å²) in [6.07, 6.45) is 3.03. The predicted octanol–water partition coefficient (Wildman–Crippen LogP) is 2.60. The Hall–Kier alpha value is -8.15. The van der Waals surface area contributed by atoms with E-state index in [9.17, 15) is 63.3 Å². The quantitative estimate of drug-likeness (QED) is 0.0179. The highest BCUT2D eigenvalue weighted by atomic mass is 16.5. The maximum absolute atomic E-state index is 13.4. The molecule has 3 aromatic carbocycles. The van der Waals surface area contributed by atoms with Crippen LogP contribution in [0.5, 0.6) is 0 Å². The number of Topliss-reactive ketones (excluding diaryl/α,β-unsaturated/α-hetero) is 3. The number of ketones is 3. The molecule has 0 aliphatic carbocycles. The molecule has 4 aromatic rings. The lowest BCUT2D eigenvalue weighted by atomic mass is 10.0. The minimum atomic E-state index is -1.43. The first-order chi connectivity index (χ1) is 43.1. The van der Waals surface area contributed by atoms with Crippen LogP contribution in [0.3, 0.4) is 0 Å². The molecule has 28 heteroatoms. The number of aldehydes is 1. The minimum absolute atomic E-state index is 0.00356. The molecule has 0 amide bonds. The molecule has 1 fully saturated rings. The summed E-state index contributed by atoms with van der Waals surface area (Å²) in [7, 11) is 0. The number of carbonyl (C=O) groups is 8. The number of aliphatic carboxylic acids is 4. The van der Waals surface area contributed by atoms with Crippen LogP contribution in [0, 0.1) is 0 Å². The van der Waals surface area contributed by atoms with Gasteiger partial charge in [0.1, 0.15) is 47.1 Å². The van der Waals surface area contributed by atoms with E-state index in [0.29, 0.717) is 55.8 Å². The van der Waals surface area contributed by atoms with Crippen LogP contribution in [0.15, 0.2) is 58.1 Å². The van der Waals surface area contributed by atoms with Crippen molar-refractivity contribution in [1.29, 1.82) is 0 Å². The molecule has 1 saturated heterocycles. The number of hydrogen-bond donors (Lipinski definition) is 8. The molecule has 5 rings (SSSR count). The second kappa shape index (κ2) is 38.4. The third kappa shape index (κ3) is 25.0.